The molecule has 1 aliphatic carbocycles. The molecule has 3 fully saturated rings. The second-order valence-corrected chi connectivity index (χ2v) is 10.7. The van der Waals surface area contributed by atoms with Crippen LogP contribution in [0.2, 0.25) is 0 Å². The van der Waals surface area contributed by atoms with E-state index in [1.807, 2.05) is 12.3 Å². The Morgan fingerprint density at radius 1 is 0.861 bits per heavy atom. The lowest BCUT2D eigenvalue weighted by atomic mass is 9.80. The van der Waals surface area contributed by atoms with Crippen LogP contribution in [-0.4, -0.2) is 43.2 Å². The average molecular weight is 495 g/mol. The number of benzene rings is 2. The van der Waals surface area contributed by atoms with Gasteiger partial charge in [-0.2, -0.15) is 13.2 Å². The van der Waals surface area contributed by atoms with E-state index < -0.39 is 11.7 Å². The molecule has 1 N–H and O–H groups in total. The molecule has 1 saturated carbocycles. The molecule has 2 aliphatic heterocycles. The van der Waals surface area contributed by atoms with Crippen molar-refractivity contribution in [3.63, 3.8) is 0 Å². The summed E-state index contributed by atoms with van der Waals surface area (Å²) in [6, 6.07) is 17.1. The predicted octanol–water partition coefficient (Wildman–Crippen LogP) is 6.12. The molecule has 3 aromatic rings. The Hall–Kier alpha value is -2.80. The van der Waals surface area contributed by atoms with Crippen molar-refractivity contribution in [2.24, 2.45) is 11.8 Å². The number of fused-ring (bicyclic) bond motifs is 3. The van der Waals surface area contributed by atoms with Crippen molar-refractivity contribution in [1.82, 2.24) is 10.3 Å². The fraction of sp³-hybridized carbons (Fsp3) is 0.483. The fourth-order valence-corrected chi connectivity index (χ4v) is 6.60. The quantitative estimate of drug-likeness (QED) is 0.465. The standard InChI is InChI=1S/C29H33F3N4/c30-29(31,32)24-9-11-25(12-10-24)35-14-13-27-23(18-35)17-33-26-8-4-3-7-22(26)19-36(27)28-15-20-5-1-2-6-21(20)16-34-28/h1-2,5-6,9-12,15-16,22-23,26-27,33H,3-4,7-8,13-14,17-19H2. The highest BCUT2D eigenvalue weighted by Gasteiger charge is 2.39. The minimum absolute atomic E-state index is 0.347. The van der Waals surface area contributed by atoms with E-state index in [9.17, 15) is 13.2 Å². The highest BCUT2D eigenvalue weighted by molar-refractivity contribution is 5.84. The first-order valence-electron chi connectivity index (χ1n) is 13.2. The van der Waals surface area contributed by atoms with Gasteiger partial charge in [0, 0.05) is 61.5 Å². The van der Waals surface area contributed by atoms with E-state index in [0.29, 0.717) is 23.9 Å². The lowest BCUT2D eigenvalue weighted by Gasteiger charge is -2.50. The van der Waals surface area contributed by atoms with Crippen LogP contribution in [0.1, 0.15) is 37.7 Å². The summed E-state index contributed by atoms with van der Waals surface area (Å²) in [7, 11) is 0. The number of hydrogen-bond donors (Lipinski definition) is 1. The summed E-state index contributed by atoms with van der Waals surface area (Å²) in [6.07, 6.45) is 3.66. The number of alkyl halides is 3. The zero-order chi connectivity index (χ0) is 24.7. The third-order valence-corrected chi connectivity index (χ3v) is 8.55. The number of rotatable bonds is 2. The summed E-state index contributed by atoms with van der Waals surface area (Å²) < 4.78 is 39.2. The van der Waals surface area contributed by atoms with Crippen LogP contribution in [0.5, 0.6) is 0 Å². The third kappa shape index (κ3) is 4.65. The molecule has 1 aromatic heterocycles. The van der Waals surface area contributed by atoms with Gasteiger partial charge in [-0.1, -0.05) is 37.1 Å². The van der Waals surface area contributed by atoms with Crippen molar-refractivity contribution in [2.45, 2.75) is 50.4 Å². The first-order valence-corrected chi connectivity index (χ1v) is 13.2. The minimum Gasteiger partial charge on any atom is -0.371 e. The van der Waals surface area contributed by atoms with Gasteiger partial charge in [0.05, 0.1) is 5.56 Å². The van der Waals surface area contributed by atoms with Gasteiger partial charge >= 0.3 is 6.18 Å². The molecule has 0 bridgehead atoms. The summed E-state index contributed by atoms with van der Waals surface area (Å²) in [5, 5.41) is 6.26. The van der Waals surface area contributed by atoms with E-state index in [-0.39, 0.29) is 0 Å². The fourth-order valence-electron chi connectivity index (χ4n) is 6.60. The van der Waals surface area contributed by atoms with Crippen LogP contribution in [0.15, 0.2) is 60.8 Å². The predicted molar refractivity (Wildman–Crippen MR) is 138 cm³/mol. The molecule has 3 heterocycles. The normalized spacial score (nSPS) is 27.2. The molecule has 190 valence electrons. The molecular weight excluding hydrogens is 461 g/mol. The molecule has 2 saturated heterocycles. The Kier molecular flexibility index (Phi) is 6.28. The molecule has 4 atom stereocenters. The smallest absolute Gasteiger partial charge is 0.371 e. The number of hydrogen-bond acceptors (Lipinski definition) is 4. The summed E-state index contributed by atoms with van der Waals surface area (Å²) in [6.45, 7) is 3.58. The summed E-state index contributed by atoms with van der Waals surface area (Å²) in [5.74, 6) is 2.02. The maximum Gasteiger partial charge on any atom is 0.416 e. The van der Waals surface area contributed by atoms with Crippen molar-refractivity contribution in [1.29, 1.82) is 0 Å². The Bertz CT molecular complexity index is 1200. The van der Waals surface area contributed by atoms with Crippen molar-refractivity contribution in [3.05, 3.63) is 66.4 Å². The van der Waals surface area contributed by atoms with Crippen molar-refractivity contribution >= 4 is 22.3 Å². The van der Waals surface area contributed by atoms with Crippen molar-refractivity contribution in [2.75, 3.05) is 36.0 Å². The zero-order valence-corrected chi connectivity index (χ0v) is 20.4. The van der Waals surface area contributed by atoms with E-state index in [4.69, 9.17) is 4.98 Å². The van der Waals surface area contributed by atoms with E-state index in [2.05, 4.69) is 39.4 Å². The Labute approximate surface area is 210 Å². The van der Waals surface area contributed by atoms with Crippen molar-refractivity contribution in [3.8, 4) is 0 Å². The Balaban J connectivity index is 1.29. The number of nitrogens with zero attached hydrogens (tertiary/aromatic N) is 3. The lowest BCUT2D eigenvalue weighted by Crippen LogP contribution is -2.60. The third-order valence-electron chi connectivity index (χ3n) is 8.55. The SMILES string of the molecule is FC(F)(F)c1ccc(N2CCC3C(CNC4CCCCC4CN3c3cc4ccccc4cn3)C2)cc1. The van der Waals surface area contributed by atoms with Gasteiger partial charge < -0.3 is 15.1 Å². The maximum atomic E-state index is 13.1. The van der Waals surface area contributed by atoms with Gasteiger partial charge in [0.2, 0.25) is 0 Å². The number of halogens is 3. The van der Waals surface area contributed by atoms with E-state index in [0.717, 1.165) is 49.5 Å². The van der Waals surface area contributed by atoms with Crippen molar-refractivity contribution < 1.29 is 13.2 Å². The Morgan fingerprint density at radius 3 is 2.44 bits per heavy atom. The van der Waals surface area contributed by atoms with Crippen LogP contribution in [0.4, 0.5) is 24.7 Å². The van der Waals surface area contributed by atoms with Gasteiger partial charge in [-0.05, 0) is 60.9 Å². The molecule has 0 radical (unpaired) electrons. The molecular formula is C29H33F3N4. The Morgan fingerprint density at radius 2 is 1.64 bits per heavy atom. The number of pyridine rings is 1. The molecule has 7 heteroatoms. The van der Waals surface area contributed by atoms with Crippen LogP contribution in [-0.2, 0) is 6.18 Å². The minimum atomic E-state index is -4.31. The van der Waals surface area contributed by atoms with Crippen LogP contribution in [0.3, 0.4) is 0 Å². The number of aromatic nitrogens is 1. The van der Waals surface area contributed by atoms with E-state index in [1.165, 1.54) is 43.2 Å². The molecule has 2 aromatic carbocycles. The highest BCUT2D eigenvalue weighted by Crippen LogP contribution is 2.36. The molecule has 4 unspecified atom stereocenters. The summed E-state index contributed by atoms with van der Waals surface area (Å²) >= 11 is 0. The molecule has 0 spiro atoms. The summed E-state index contributed by atoms with van der Waals surface area (Å²) in [5.41, 5.74) is 0.278. The average Bonchev–Trinajstić information content (AvgIpc) is 2.89. The second-order valence-electron chi connectivity index (χ2n) is 10.7. The van der Waals surface area contributed by atoms with Crippen LogP contribution >= 0.6 is 0 Å². The van der Waals surface area contributed by atoms with Gasteiger partial charge in [0.15, 0.2) is 0 Å². The largest absolute Gasteiger partial charge is 0.416 e. The van der Waals surface area contributed by atoms with Gasteiger partial charge in [0.25, 0.3) is 0 Å². The molecule has 4 nitrogen and oxygen atoms in total. The number of nitrogens with one attached hydrogen (secondary N) is 1. The second kappa shape index (κ2) is 9.58. The van der Waals surface area contributed by atoms with Gasteiger partial charge in [-0.3, -0.25) is 0 Å². The molecule has 0 amide bonds. The lowest BCUT2D eigenvalue weighted by molar-refractivity contribution is -0.137. The number of piperidine rings is 1. The van der Waals surface area contributed by atoms with Gasteiger partial charge in [0.1, 0.15) is 5.82 Å². The number of anilines is 2. The molecule has 3 aliphatic rings. The summed E-state index contributed by atoms with van der Waals surface area (Å²) in [4.78, 5) is 9.76. The van der Waals surface area contributed by atoms with Crippen LogP contribution in [0, 0.1) is 11.8 Å². The van der Waals surface area contributed by atoms with E-state index >= 15 is 0 Å². The molecule has 6 rings (SSSR count). The van der Waals surface area contributed by atoms with Gasteiger partial charge in [-0.25, -0.2) is 4.98 Å². The van der Waals surface area contributed by atoms with Crippen LogP contribution < -0.4 is 15.1 Å². The maximum absolute atomic E-state index is 13.1. The zero-order valence-electron chi connectivity index (χ0n) is 20.4. The highest BCUT2D eigenvalue weighted by atomic mass is 19.4. The topological polar surface area (TPSA) is 31.4 Å². The monoisotopic (exact) mass is 494 g/mol. The molecule has 36 heavy (non-hydrogen) atoms. The first-order chi connectivity index (χ1) is 17.5. The van der Waals surface area contributed by atoms with Gasteiger partial charge in [-0.15, -0.1) is 0 Å². The first kappa shape index (κ1) is 23.6. The van der Waals surface area contributed by atoms with E-state index in [1.54, 1.807) is 12.1 Å². The van der Waals surface area contributed by atoms with Crippen LogP contribution in [0.25, 0.3) is 10.8 Å².